The summed E-state index contributed by atoms with van der Waals surface area (Å²) >= 11 is 1.34. The Balaban J connectivity index is 1.81. The van der Waals surface area contributed by atoms with E-state index in [1.807, 2.05) is 13.8 Å². The van der Waals surface area contributed by atoms with Crippen LogP contribution in [0, 0.1) is 12.7 Å². The first-order chi connectivity index (χ1) is 12.8. The molecule has 8 heteroatoms. The molecule has 27 heavy (non-hydrogen) atoms. The molecule has 2 aromatic rings. The minimum absolute atomic E-state index is 0.0626. The fraction of sp³-hybridized carbons (Fsp3) is 0.316. The fourth-order valence-corrected chi connectivity index (χ4v) is 5.22. The van der Waals surface area contributed by atoms with Crippen molar-refractivity contribution in [3.05, 3.63) is 59.4 Å². The van der Waals surface area contributed by atoms with Crippen molar-refractivity contribution in [1.82, 2.24) is 0 Å². The highest BCUT2D eigenvalue weighted by molar-refractivity contribution is 8.01. The maximum atomic E-state index is 13.8. The summed E-state index contributed by atoms with van der Waals surface area (Å²) in [7, 11) is -3.93. The Morgan fingerprint density at radius 3 is 2.56 bits per heavy atom. The zero-order chi connectivity index (χ0) is 19.7. The molecule has 0 aromatic heterocycles. The zero-order valence-corrected chi connectivity index (χ0v) is 16.6. The molecule has 0 fully saturated rings. The summed E-state index contributed by atoms with van der Waals surface area (Å²) in [4.78, 5) is 12.7. The topological polar surface area (TPSA) is 72.5 Å². The van der Waals surface area contributed by atoms with Gasteiger partial charge in [-0.15, -0.1) is 11.8 Å². The van der Waals surface area contributed by atoms with Gasteiger partial charge in [0.15, 0.2) is 0 Å². The molecule has 0 saturated heterocycles. The van der Waals surface area contributed by atoms with Gasteiger partial charge in [0.25, 0.3) is 10.1 Å². The number of aryl methyl sites for hydroxylation is 1. The van der Waals surface area contributed by atoms with E-state index in [9.17, 15) is 17.6 Å². The fourth-order valence-electron chi connectivity index (χ4n) is 3.08. The summed E-state index contributed by atoms with van der Waals surface area (Å²) in [6.45, 7) is 3.56. The third-order valence-corrected chi connectivity index (χ3v) is 7.14. The van der Waals surface area contributed by atoms with E-state index in [-0.39, 0.29) is 23.8 Å². The van der Waals surface area contributed by atoms with E-state index in [1.54, 1.807) is 12.1 Å². The minimum atomic E-state index is -3.93. The highest BCUT2D eigenvalue weighted by Gasteiger charge is 2.47. The first kappa shape index (κ1) is 19.9. The Morgan fingerprint density at radius 1 is 1.19 bits per heavy atom. The number of thioether (sulfide) groups is 1. The van der Waals surface area contributed by atoms with Crippen LogP contribution in [0.4, 0.5) is 10.1 Å². The molecule has 0 spiro atoms. The van der Waals surface area contributed by atoms with Crippen LogP contribution in [0.3, 0.4) is 0 Å². The molecule has 3 rings (SSSR count). The van der Waals surface area contributed by atoms with Gasteiger partial charge < -0.3 is 5.32 Å². The highest BCUT2D eigenvalue weighted by Crippen LogP contribution is 2.48. The summed E-state index contributed by atoms with van der Waals surface area (Å²) in [6.07, 6.45) is 0.110. The van der Waals surface area contributed by atoms with Crippen LogP contribution in [0.15, 0.2) is 47.4 Å². The molecule has 0 radical (unpaired) electrons. The summed E-state index contributed by atoms with van der Waals surface area (Å²) < 4.78 is 42.6. The van der Waals surface area contributed by atoms with E-state index < -0.39 is 20.7 Å². The van der Waals surface area contributed by atoms with Crippen LogP contribution < -0.4 is 5.32 Å². The first-order valence-corrected chi connectivity index (χ1v) is 10.9. The molecule has 1 atom stereocenters. The number of anilines is 1. The van der Waals surface area contributed by atoms with E-state index in [4.69, 9.17) is 4.18 Å². The van der Waals surface area contributed by atoms with Gasteiger partial charge in [0.05, 0.1) is 11.5 Å². The number of carbonyl (C=O) groups excluding carboxylic acids is 1. The van der Waals surface area contributed by atoms with Crippen molar-refractivity contribution in [3.63, 3.8) is 0 Å². The Hall–Kier alpha value is -1.90. The van der Waals surface area contributed by atoms with Crippen LogP contribution in [0.1, 0.15) is 24.5 Å². The monoisotopic (exact) mass is 409 g/mol. The van der Waals surface area contributed by atoms with Gasteiger partial charge in [-0.1, -0.05) is 24.6 Å². The van der Waals surface area contributed by atoms with Gasteiger partial charge in [0.1, 0.15) is 10.6 Å². The van der Waals surface area contributed by atoms with Gasteiger partial charge in [-0.2, -0.15) is 8.42 Å². The third kappa shape index (κ3) is 3.88. The maximum Gasteiger partial charge on any atom is 0.296 e. The molecule has 1 unspecified atom stereocenters. The molecule has 1 N–H and O–H groups in total. The van der Waals surface area contributed by atoms with Crippen molar-refractivity contribution in [1.29, 1.82) is 0 Å². The minimum Gasteiger partial charge on any atom is -0.324 e. The van der Waals surface area contributed by atoms with E-state index in [0.29, 0.717) is 17.0 Å². The van der Waals surface area contributed by atoms with E-state index in [1.165, 1.54) is 42.1 Å². The van der Waals surface area contributed by atoms with Gasteiger partial charge in [-0.3, -0.25) is 8.98 Å². The van der Waals surface area contributed by atoms with Crippen molar-refractivity contribution >= 4 is 33.5 Å². The van der Waals surface area contributed by atoms with Crippen LogP contribution >= 0.6 is 11.8 Å². The number of halogens is 1. The highest BCUT2D eigenvalue weighted by atomic mass is 32.2. The van der Waals surface area contributed by atoms with Gasteiger partial charge in [0.2, 0.25) is 5.91 Å². The second-order valence-electron chi connectivity index (χ2n) is 6.24. The van der Waals surface area contributed by atoms with E-state index in [0.717, 1.165) is 5.56 Å². The lowest BCUT2D eigenvalue weighted by atomic mass is 9.96. The van der Waals surface area contributed by atoms with Crippen molar-refractivity contribution in [2.45, 2.75) is 29.9 Å². The van der Waals surface area contributed by atoms with Crippen LogP contribution in [-0.4, -0.2) is 26.7 Å². The van der Waals surface area contributed by atoms with E-state index >= 15 is 0 Å². The number of fused-ring (bicyclic) bond motifs is 1. The Bertz CT molecular complexity index is 960. The number of carbonyl (C=O) groups is 1. The lowest BCUT2D eigenvalue weighted by Gasteiger charge is -2.26. The van der Waals surface area contributed by atoms with Crippen molar-refractivity contribution < 1.29 is 21.8 Å². The first-order valence-electron chi connectivity index (χ1n) is 8.50. The molecule has 1 aliphatic rings. The SMILES string of the molecule is CCSC1(CCOS(=O)(=O)c2ccc(C)cc2)C(=O)Nc2ccc(F)cc21. The summed E-state index contributed by atoms with van der Waals surface area (Å²) in [6, 6.07) is 10.5. The average molecular weight is 410 g/mol. The molecule has 0 bridgehead atoms. The summed E-state index contributed by atoms with van der Waals surface area (Å²) in [5, 5.41) is 2.75. The second kappa shape index (κ2) is 7.61. The standard InChI is InChI=1S/C19H20FNO4S2/c1-3-26-19(16-12-14(20)6-9-17(16)21-18(19)22)10-11-25-27(23,24)15-7-4-13(2)5-8-15/h4-9,12H,3,10-11H2,1-2H3,(H,21,22). The number of amides is 1. The van der Waals surface area contributed by atoms with Gasteiger partial charge in [-0.25, -0.2) is 4.39 Å². The largest absolute Gasteiger partial charge is 0.324 e. The molecular weight excluding hydrogens is 389 g/mol. The van der Waals surface area contributed by atoms with Crippen LogP contribution in [0.25, 0.3) is 0 Å². The molecule has 144 valence electrons. The van der Waals surface area contributed by atoms with Gasteiger partial charge in [0, 0.05) is 11.3 Å². The Kier molecular flexibility index (Phi) is 5.60. The lowest BCUT2D eigenvalue weighted by molar-refractivity contribution is -0.118. The normalized spacial score (nSPS) is 19.0. The molecule has 1 aliphatic heterocycles. The molecule has 2 aromatic carbocycles. The number of hydrogen-bond acceptors (Lipinski definition) is 5. The number of rotatable bonds is 7. The van der Waals surface area contributed by atoms with Crippen molar-refractivity contribution in [2.24, 2.45) is 0 Å². The smallest absolute Gasteiger partial charge is 0.296 e. The summed E-state index contributed by atoms with van der Waals surface area (Å²) in [5.41, 5.74) is 2.01. The van der Waals surface area contributed by atoms with Crippen LogP contribution in [0.5, 0.6) is 0 Å². The van der Waals surface area contributed by atoms with Crippen LogP contribution in [0.2, 0.25) is 0 Å². The quantitative estimate of drug-likeness (QED) is 0.704. The predicted octanol–water partition coefficient (Wildman–Crippen LogP) is 3.83. The molecule has 0 saturated carbocycles. The predicted molar refractivity (Wildman–Crippen MR) is 104 cm³/mol. The van der Waals surface area contributed by atoms with Gasteiger partial charge >= 0.3 is 0 Å². The number of nitrogens with one attached hydrogen (secondary N) is 1. The third-order valence-electron chi connectivity index (χ3n) is 4.42. The van der Waals surface area contributed by atoms with Crippen molar-refractivity contribution in [2.75, 3.05) is 17.7 Å². The summed E-state index contributed by atoms with van der Waals surface area (Å²) in [5.74, 6) is -0.125. The van der Waals surface area contributed by atoms with Crippen LogP contribution in [-0.2, 0) is 23.8 Å². The maximum absolute atomic E-state index is 13.8. The molecular formula is C19H20FNO4S2. The average Bonchev–Trinajstić information content (AvgIpc) is 2.87. The lowest BCUT2D eigenvalue weighted by Crippen LogP contribution is -2.33. The number of benzene rings is 2. The second-order valence-corrected chi connectivity index (χ2v) is 9.42. The molecule has 1 heterocycles. The Morgan fingerprint density at radius 2 is 1.89 bits per heavy atom. The number of hydrogen-bond donors (Lipinski definition) is 1. The molecule has 1 amide bonds. The van der Waals surface area contributed by atoms with E-state index in [2.05, 4.69) is 5.32 Å². The van der Waals surface area contributed by atoms with Gasteiger partial charge in [-0.05, 0) is 49.4 Å². The molecule has 5 nitrogen and oxygen atoms in total. The molecule has 0 aliphatic carbocycles. The zero-order valence-electron chi connectivity index (χ0n) is 15.0. The Labute approximate surface area is 162 Å². The van der Waals surface area contributed by atoms with Crippen molar-refractivity contribution in [3.8, 4) is 0 Å².